The summed E-state index contributed by atoms with van der Waals surface area (Å²) in [4.78, 5) is 20.9. The number of aromatic nitrogens is 3. The van der Waals surface area contributed by atoms with Crippen molar-refractivity contribution < 1.29 is 4.79 Å². The Morgan fingerprint density at radius 1 is 1.32 bits per heavy atom. The molecule has 2 N–H and O–H groups in total. The van der Waals surface area contributed by atoms with E-state index in [4.69, 9.17) is 5.73 Å². The van der Waals surface area contributed by atoms with Crippen LogP contribution in [0.4, 0.5) is 5.82 Å². The standard InChI is InChI=1S/C23H24N4O/c1-3-15(2)27-13-19(21-22(24)25-14-26-23(21)27)10-9-16-5-4-6-18(11-16)20(28)12-17-7-8-17/h4-6,11,13-15,17H,3,7-8,12H2,1-2H3,(H2,24,25,26). The molecule has 3 aromatic rings. The van der Waals surface area contributed by atoms with Gasteiger partial charge in [0.1, 0.15) is 17.8 Å². The van der Waals surface area contributed by atoms with Gasteiger partial charge in [-0.1, -0.05) is 30.9 Å². The smallest absolute Gasteiger partial charge is 0.163 e. The van der Waals surface area contributed by atoms with Crippen molar-refractivity contribution in [2.24, 2.45) is 5.92 Å². The summed E-state index contributed by atoms with van der Waals surface area (Å²) in [5, 5.41) is 0.788. The van der Waals surface area contributed by atoms with Gasteiger partial charge in [-0.25, -0.2) is 9.97 Å². The van der Waals surface area contributed by atoms with Crippen LogP contribution in [-0.4, -0.2) is 20.3 Å². The van der Waals surface area contributed by atoms with Crippen LogP contribution in [0.1, 0.15) is 67.1 Å². The molecule has 1 aromatic carbocycles. The summed E-state index contributed by atoms with van der Waals surface area (Å²) in [5.41, 5.74) is 9.29. The second-order valence-electron chi connectivity index (χ2n) is 7.57. The van der Waals surface area contributed by atoms with Gasteiger partial charge in [0.2, 0.25) is 0 Å². The zero-order valence-electron chi connectivity index (χ0n) is 16.3. The molecule has 0 saturated heterocycles. The van der Waals surface area contributed by atoms with E-state index in [0.29, 0.717) is 18.2 Å². The van der Waals surface area contributed by atoms with E-state index in [1.807, 2.05) is 30.5 Å². The maximum absolute atomic E-state index is 12.4. The van der Waals surface area contributed by atoms with E-state index in [1.54, 1.807) is 0 Å². The van der Waals surface area contributed by atoms with Crippen molar-refractivity contribution in [2.45, 2.75) is 45.6 Å². The van der Waals surface area contributed by atoms with Crippen LogP contribution in [0.2, 0.25) is 0 Å². The lowest BCUT2D eigenvalue weighted by molar-refractivity contribution is 0.0976. The Morgan fingerprint density at radius 3 is 2.89 bits per heavy atom. The normalized spacial score (nSPS) is 14.5. The molecule has 4 rings (SSSR count). The monoisotopic (exact) mass is 372 g/mol. The summed E-state index contributed by atoms with van der Waals surface area (Å²) in [6.45, 7) is 4.28. The van der Waals surface area contributed by atoms with Crippen LogP contribution in [0.15, 0.2) is 36.8 Å². The summed E-state index contributed by atoms with van der Waals surface area (Å²) in [5.74, 6) is 7.63. The highest BCUT2D eigenvalue weighted by atomic mass is 16.1. The summed E-state index contributed by atoms with van der Waals surface area (Å²) in [6, 6.07) is 7.86. The van der Waals surface area contributed by atoms with Crippen LogP contribution in [-0.2, 0) is 0 Å². The Bertz CT molecular complexity index is 1100. The van der Waals surface area contributed by atoms with E-state index in [9.17, 15) is 4.79 Å². The lowest BCUT2D eigenvalue weighted by Crippen LogP contribution is -2.03. The maximum atomic E-state index is 12.4. The number of ketones is 1. The zero-order chi connectivity index (χ0) is 19.7. The van der Waals surface area contributed by atoms with Gasteiger partial charge in [-0.05, 0) is 44.2 Å². The van der Waals surface area contributed by atoms with Crippen LogP contribution in [0.5, 0.6) is 0 Å². The van der Waals surface area contributed by atoms with Gasteiger partial charge in [0.15, 0.2) is 5.78 Å². The molecule has 2 heterocycles. The van der Waals surface area contributed by atoms with Gasteiger partial charge in [-0.2, -0.15) is 0 Å². The van der Waals surface area contributed by atoms with Crippen molar-refractivity contribution in [3.05, 3.63) is 53.5 Å². The van der Waals surface area contributed by atoms with Crippen LogP contribution in [0.3, 0.4) is 0 Å². The highest BCUT2D eigenvalue weighted by Crippen LogP contribution is 2.33. The Labute approximate surface area is 165 Å². The first-order valence-corrected chi connectivity index (χ1v) is 9.83. The minimum atomic E-state index is 0.206. The van der Waals surface area contributed by atoms with Gasteiger partial charge in [-0.3, -0.25) is 4.79 Å². The number of carbonyl (C=O) groups excluding carboxylic acids is 1. The summed E-state index contributed by atoms with van der Waals surface area (Å²) >= 11 is 0. The van der Waals surface area contributed by atoms with Gasteiger partial charge in [0.05, 0.1) is 10.9 Å². The molecule has 0 radical (unpaired) electrons. The number of nitrogens with two attached hydrogens (primary N) is 1. The maximum Gasteiger partial charge on any atom is 0.163 e. The molecule has 28 heavy (non-hydrogen) atoms. The highest BCUT2D eigenvalue weighted by Gasteiger charge is 2.24. The first-order chi connectivity index (χ1) is 13.6. The Kier molecular flexibility index (Phi) is 4.87. The molecule has 1 aliphatic rings. The number of Topliss-reactive ketones (excluding diaryl/α,β-unsaturated/α-hetero) is 1. The number of benzene rings is 1. The number of hydrogen-bond acceptors (Lipinski definition) is 4. The van der Waals surface area contributed by atoms with Gasteiger partial charge >= 0.3 is 0 Å². The number of rotatable bonds is 5. The van der Waals surface area contributed by atoms with E-state index >= 15 is 0 Å². The van der Waals surface area contributed by atoms with Crippen molar-refractivity contribution in [3.63, 3.8) is 0 Å². The second-order valence-corrected chi connectivity index (χ2v) is 7.57. The van der Waals surface area contributed by atoms with E-state index in [-0.39, 0.29) is 11.8 Å². The quantitative estimate of drug-likeness (QED) is 0.533. The fourth-order valence-corrected chi connectivity index (χ4v) is 3.35. The molecule has 1 atom stereocenters. The van der Waals surface area contributed by atoms with Crippen molar-refractivity contribution in [2.75, 3.05) is 5.73 Å². The van der Waals surface area contributed by atoms with E-state index < -0.39 is 0 Å². The molecule has 0 aliphatic heterocycles. The van der Waals surface area contributed by atoms with Crippen molar-refractivity contribution in [1.82, 2.24) is 14.5 Å². The summed E-state index contributed by atoms with van der Waals surface area (Å²) in [6.07, 6.45) is 7.46. The second kappa shape index (κ2) is 7.47. The number of anilines is 1. The molecule has 2 aromatic heterocycles. The number of nitrogens with zero attached hydrogens (tertiary/aromatic N) is 3. The van der Waals surface area contributed by atoms with Crippen LogP contribution >= 0.6 is 0 Å². The minimum Gasteiger partial charge on any atom is -0.383 e. The molecular weight excluding hydrogens is 348 g/mol. The molecule has 1 saturated carbocycles. The highest BCUT2D eigenvalue weighted by molar-refractivity contribution is 5.96. The molecule has 5 nitrogen and oxygen atoms in total. The van der Waals surface area contributed by atoms with Gasteiger partial charge in [0.25, 0.3) is 0 Å². The molecule has 1 aliphatic carbocycles. The predicted molar refractivity (Wildman–Crippen MR) is 111 cm³/mol. The van der Waals surface area contributed by atoms with Crippen molar-refractivity contribution in [1.29, 1.82) is 0 Å². The number of hydrogen-bond donors (Lipinski definition) is 1. The first kappa shape index (κ1) is 18.2. The number of nitrogen functional groups attached to an aromatic ring is 1. The van der Waals surface area contributed by atoms with E-state index in [0.717, 1.165) is 34.1 Å². The van der Waals surface area contributed by atoms with E-state index in [2.05, 4.69) is 40.2 Å². The van der Waals surface area contributed by atoms with Gasteiger partial charge in [0, 0.05) is 29.8 Å². The summed E-state index contributed by atoms with van der Waals surface area (Å²) in [7, 11) is 0. The fraction of sp³-hybridized carbons (Fsp3) is 0.348. The van der Waals surface area contributed by atoms with Crippen LogP contribution in [0.25, 0.3) is 11.0 Å². The first-order valence-electron chi connectivity index (χ1n) is 9.83. The molecule has 0 bridgehead atoms. The number of carbonyl (C=O) groups is 1. The molecule has 1 unspecified atom stereocenters. The van der Waals surface area contributed by atoms with E-state index in [1.165, 1.54) is 19.2 Å². The average molecular weight is 372 g/mol. The van der Waals surface area contributed by atoms with Crippen LogP contribution in [0, 0.1) is 17.8 Å². The lowest BCUT2D eigenvalue weighted by atomic mass is 10.0. The minimum absolute atomic E-state index is 0.206. The molecular formula is C23H24N4O. The SMILES string of the molecule is CCC(C)n1cc(C#Cc2cccc(C(=O)CC3CC3)c2)c2c(N)ncnc21. The average Bonchev–Trinajstić information content (AvgIpc) is 3.44. The van der Waals surface area contributed by atoms with Gasteiger partial charge < -0.3 is 10.3 Å². The van der Waals surface area contributed by atoms with Crippen molar-refractivity contribution in [3.8, 4) is 11.8 Å². The summed E-state index contributed by atoms with van der Waals surface area (Å²) < 4.78 is 2.10. The van der Waals surface area contributed by atoms with Crippen molar-refractivity contribution >= 4 is 22.6 Å². The third kappa shape index (κ3) is 3.63. The topological polar surface area (TPSA) is 73.8 Å². The molecule has 142 valence electrons. The number of fused-ring (bicyclic) bond motifs is 1. The third-order valence-electron chi connectivity index (χ3n) is 5.40. The third-order valence-corrected chi connectivity index (χ3v) is 5.40. The zero-order valence-corrected chi connectivity index (χ0v) is 16.3. The molecule has 0 amide bonds. The molecule has 1 fully saturated rings. The Morgan fingerprint density at radius 2 is 2.14 bits per heavy atom. The lowest BCUT2D eigenvalue weighted by Gasteiger charge is -2.11. The predicted octanol–water partition coefficient (Wildman–Crippen LogP) is 4.37. The molecule has 5 heteroatoms. The Balaban J connectivity index is 1.70. The molecule has 0 spiro atoms. The van der Waals surface area contributed by atoms with Crippen LogP contribution < -0.4 is 5.73 Å². The fourth-order valence-electron chi connectivity index (χ4n) is 3.35. The largest absolute Gasteiger partial charge is 0.383 e. The van der Waals surface area contributed by atoms with Gasteiger partial charge in [-0.15, -0.1) is 0 Å². The Hall–Kier alpha value is -3.13.